The molecule has 4 amide bonds. The summed E-state index contributed by atoms with van der Waals surface area (Å²) in [5, 5.41) is 67.3. The highest BCUT2D eigenvalue weighted by Crippen LogP contribution is 2.42. The molecule has 640 valence electrons. The van der Waals surface area contributed by atoms with Gasteiger partial charge in [0.1, 0.15) is 11.6 Å². The average molecular weight is 1800 g/mol. The first-order valence-corrected chi connectivity index (χ1v) is 41.2. The third-order valence-electron chi connectivity index (χ3n) is 21.9. The number of benzene rings is 8. The topological polar surface area (TPSA) is 449 Å². The van der Waals surface area contributed by atoms with Gasteiger partial charge >= 0.3 is 23.9 Å². The fourth-order valence-corrected chi connectivity index (χ4v) is 16.5. The molecular formula is C88H80Cl6F2N16O12. The van der Waals surface area contributed by atoms with Crippen molar-refractivity contribution in [2.24, 2.45) is 22.9 Å². The Kier molecular flexibility index (Phi) is 28.6. The van der Waals surface area contributed by atoms with Crippen molar-refractivity contribution in [3.63, 3.8) is 0 Å². The number of nitrogens with two attached hydrogens (primary N) is 4. The van der Waals surface area contributed by atoms with Gasteiger partial charge in [0.05, 0.1) is 174 Å². The molecule has 16 N–H and O–H groups in total. The van der Waals surface area contributed by atoms with Crippen LogP contribution in [-0.2, 0) is 71.5 Å². The Balaban J connectivity index is 0.000000142. The van der Waals surface area contributed by atoms with Gasteiger partial charge in [0, 0.05) is 50.1 Å². The van der Waals surface area contributed by atoms with E-state index in [1.165, 1.54) is 66.7 Å². The molecule has 124 heavy (non-hydrogen) atoms. The van der Waals surface area contributed by atoms with Crippen molar-refractivity contribution in [2.75, 3.05) is 26.2 Å². The maximum absolute atomic E-state index is 14.6. The maximum atomic E-state index is 14.6. The normalized spacial score (nSPS) is 13.8. The van der Waals surface area contributed by atoms with E-state index in [9.17, 15) is 47.1 Å². The van der Waals surface area contributed by atoms with Gasteiger partial charge in [-0.1, -0.05) is 155 Å². The van der Waals surface area contributed by atoms with Crippen LogP contribution in [-0.4, -0.2) is 155 Å². The van der Waals surface area contributed by atoms with E-state index in [-0.39, 0.29) is 74.6 Å². The molecule has 8 aromatic carbocycles. The molecule has 8 heterocycles. The number of aromatic carboxylic acids is 4. The molecule has 0 saturated carbocycles. The number of aromatic amines is 4. The molecule has 0 fully saturated rings. The fraction of sp³-hybridized carbons (Fsp3) is 0.227. The van der Waals surface area contributed by atoms with Crippen LogP contribution in [0.3, 0.4) is 0 Å². The third kappa shape index (κ3) is 19.6. The molecular weight excluding hydrogens is 1720 g/mol. The van der Waals surface area contributed by atoms with E-state index in [0.717, 1.165) is 72.8 Å². The summed E-state index contributed by atoms with van der Waals surface area (Å²) in [4.78, 5) is 104. The highest BCUT2D eigenvalue weighted by molar-refractivity contribution is 6.43. The molecule has 4 aliphatic heterocycles. The number of carboxylic acid groups (broad SMARTS) is 4. The minimum Gasteiger partial charge on any atom is -0.478 e. The Labute approximate surface area is 737 Å². The summed E-state index contributed by atoms with van der Waals surface area (Å²) in [6, 6.07) is 45.3. The van der Waals surface area contributed by atoms with Gasteiger partial charge in [-0.3, -0.25) is 39.6 Å². The SMILES string of the molecule is NCCC(C(=O)N1Cc2[nH]nc(-c3ccc(C(=O)O)cc3)c2C1)c1ccc(Cl)c(Cl)c1.NCCC(C(=O)N1Cc2[nH]nc(-c3ccc(C(=O)O)cc3)c2C1)c1ccc(Cl)c(F)c1.NCCC(C(=O)N1Cc2[nH]nc(-c3ccc(C(=O)O)cc3)c2C1)c1cccc(Cl)c1Cl.NCCC(C(=O)N1Cc2[nH]nc(-c3ccc(C(=O)O)cc3)c2C1)c1cccc(Cl)c1F. The molecule has 4 atom stereocenters. The van der Waals surface area contributed by atoms with Gasteiger partial charge in [-0.15, -0.1) is 0 Å². The molecule has 4 aliphatic rings. The lowest BCUT2D eigenvalue weighted by Gasteiger charge is -2.24. The zero-order chi connectivity index (χ0) is 88.5. The number of hydrogen-bond acceptors (Lipinski definition) is 16. The number of carboxylic acids is 4. The van der Waals surface area contributed by atoms with Gasteiger partial charge in [0.25, 0.3) is 0 Å². The van der Waals surface area contributed by atoms with Crippen molar-refractivity contribution in [3.8, 4) is 45.0 Å². The number of H-pyrrole nitrogens is 4. The van der Waals surface area contributed by atoms with Crippen molar-refractivity contribution >= 4 is 117 Å². The molecule has 0 aliphatic carbocycles. The summed E-state index contributed by atoms with van der Waals surface area (Å²) in [5.74, 6) is -7.88. The Hall–Kier alpha value is -12.2. The largest absolute Gasteiger partial charge is 0.478 e. The molecule has 4 unspecified atom stereocenters. The lowest BCUT2D eigenvalue weighted by Crippen LogP contribution is -2.32. The van der Waals surface area contributed by atoms with E-state index in [0.29, 0.717) is 145 Å². The van der Waals surface area contributed by atoms with Crippen molar-refractivity contribution in [2.45, 2.75) is 102 Å². The monoisotopic (exact) mass is 1800 g/mol. The standard InChI is InChI=1S/2C22H20Cl2N4O3.2C22H20ClFN4O3/c23-17-6-5-14(9-18(17)24)15(7-8-25)21(29)28-10-16-19(11-28)26-27-20(16)12-1-3-13(4-2-12)22(30)31;23-17-3-1-2-14(19(17)24)15(8-9-25)21(29)28-10-16-18(11-28)26-27-20(16)12-4-6-13(7-5-12)22(30)31;23-17-6-5-14(9-18(17)24)15(7-8-25)21(29)28-10-16-19(11-28)26-27-20(16)12-1-3-13(4-2-12)22(30)31;23-17-3-1-2-14(19(17)24)15(8-9-25)21(29)28-10-16-18(11-28)26-27-20(16)12-4-6-13(7-5-12)22(30)31/h1-6,9,15H,7-8,10-11,25H2,(H,26,27)(H,30,31);1-7,15H,8-11,25H2,(H,26,27)(H,30,31);1-6,9,15H,7-8,10-11,25H2,(H,26,27)(H,30,31);1-7,15H,8-11,25H2,(H,26,27)(H,30,31). The van der Waals surface area contributed by atoms with Crippen LogP contribution >= 0.6 is 69.6 Å². The highest BCUT2D eigenvalue weighted by atomic mass is 35.5. The van der Waals surface area contributed by atoms with Crippen LogP contribution in [0.1, 0.15) is 158 Å². The molecule has 4 aromatic heterocycles. The van der Waals surface area contributed by atoms with Gasteiger partial charge < -0.3 is 63.0 Å². The Morgan fingerprint density at radius 3 is 0.944 bits per heavy atom. The zero-order valence-electron chi connectivity index (χ0n) is 65.8. The summed E-state index contributed by atoms with van der Waals surface area (Å²) in [6.45, 7) is 4.13. The van der Waals surface area contributed by atoms with Crippen LogP contribution < -0.4 is 22.9 Å². The molecule has 12 aromatic rings. The van der Waals surface area contributed by atoms with E-state index < -0.39 is 59.2 Å². The van der Waals surface area contributed by atoms with Crippen molar-refractivity contribution in [1.82, 2.24) is 60.4 Å². The number of carbonyl (C=O) groups excluding carboxylic acids is 4. The van der Waals surface area contributed by atoms with E-state index in [1.54, 1.807) is 123 Å². The number of nitrogens with zero attached hydrogens (tertiary/aromatic N) is 8. The van der Waals surface area contributed by atoms with Crippen LogP contribution in [0.25, 0.3) is 45.0 Å². The lowest BCUT2D eigenvalue weighted by molar-refractivity contribution is -0.134. The van der Waals surface area contributed by atoms with Gasteiger partial charge in [-0.25, -0.2) is 28.0 Å². The molecule has 0 radical (unpaired) electrons. The van der Waals surface area contributed by atoms with E-state index in [4.69, 9.17) is 113 Å². The minimum absolute atomic E-state index is 0.00323. The Bertz CT molecular complexity index is 5670. The number of nitrogens with one attached hydrogen (secondary N) is 4. The molecule has 36 heteroatoms. The first kappa shape index (κ1) is 89.6. The Morgan fingerprint density at radius 2 is 0.629 bits per heavy atom. The first-order chi connectivity index (χ1) is 59.6. The number of amides is 4. The molecule has 0 saturated heterocycles. The average Bonchev–Trinajstić information content (AvgIpc) is 1.60. The van der Waals surface area contributed by atoms with Crippen LogP contribution in [0.15, 0.2) is 170 Å². The van der Waals surface area contributed by atoms with E-state index >= 15 is 0 Å². The molecule has 0 bridgehead atoms. The number of carbonyl (C=O) groups is 8. The van der Waals surface area contributed by atoms with E-state index in [1.807, 2.05) is 0 Å². The first-order valence-electron chi connectivity index (χ1n) is 38.9. The summed E-state index contributed by atoms with van der Waals surface area (Å²) in [6.07, 6.45) is 1.61. The maximum Gasteiger partial charge on any atom is 0.335 e. The molecule has 0 spiro atoms. The number of halogens is 8. The summed E-state index contributed by atoms with van der Waals surface area (Å²) < 4.78 is 28.6. The van der Waals surface area contributed by atoms with Gasteiger partial charge in [0.15, 0.2) is 0 Å². The van der Waals surface area contributed by atoms with Crippen molar-refractivity contribution in [1.29, 1.82) is 0 Å². The van der Waals surface area contributed by atoms with Crippen molar-refractivity contribution < 1.29 is 67.6 Å². The third-order valence-corrected chi connectivity index (χ3v) is 24.1. The lowest BCUT2D eigenvalue weighted by atomic mass is 9.93. The van der Waals surface area contributed by atoms with Gasteiger partial charge in [-0.05, 0) is 153 Å². The predicted octanol–water partition coefficient (Wildman–Crippen LogP) is 15.2. The number of rotatable bonds is 24. The molecule has 28 nitrogen and oxygen atoms in total. The second-order valence-corrected chi connectivity index (χ2v) is 32.0. The summed E-state index contributed by atoms with van der Waals surface area (Å²) in [5.41, 5.74) is 38.8. The Morgan fingerprint density at radius 1 is 0.339 bits per heavy atom. The van der Waals surface area contributed by atoms with Crippen LogP contribution in [0.5, 0.6) is 0 Å². The van der Waals surface area contributed by atoms with E-state index in [2.05, 4.69) is 40.8 Å². The van der Waals surface area contributed by atoms with Crippen molar-refractivity contribution in [3.05, 3.63) is 301 Å². The second kappa shape index (κ2) is 39.5. The van der Waals surface area contributed by atoms with Gasteiger partial charge in [0.2, 0.25) is 23.6 Å². The quantitative estimate of drug-likeness (QED) is 0.0267. The number of hydrogen-bond donors (Lipinski definition) is 12. The molecule has 16 rings (SSSR count). The minimum atomic E-state index is -1.00. The predicted molar refractivity (Wildman–Crippen MR) is 462 cm³/mol. The number of fused-ring (bicyclic) bond motifs is 4. The van der Waals surface area contributed by atoms with Crippen LogP contribution in [0, 0.1) is 11.6 Å². The summed E-state index contributed by atoms with van der Waals surface area (Å²) >= 11 is 36.4. The van der Waals surface area contributed by atoms with Gasteiger partial charge in [-0.2, -0.15) is 20.4 Å². The zero-order valence-corrected chi connectivity index (χ0v) is 70.3. The second-order valence-electron chi connectivity index (χ2n) is 29.6. The smallest absolute Gasteiger partial charge is 0.335 e. The fourth-order valence-electron chi connectivity index (χ4n) is 15.5. The van der Waals surface area contributed by atoms with Crippen LogP contribution in [0.2, 0.25) is 30.1 Å². The van der Waals surface area contributed by atoms with Crippen LogP contribution in [0.4, 0.5) is 8.78 Å². The number of aromatic nitrogens is 8. The summed E-state index contributed by atoms with van der Waals surface area (Å²) in [7, 11) is 0. The highest BCUT2D eigenvalue weighted by Gasteiger charge is 2.39.